The molecule has 0 nitrogen and oxygen atoms in total. The molecule has 0 aromatic heterocycles. The van der Waals surface area contributed by atoms with Gasteiger partial charge in [0.25, 0.3) is 0 Å². The lowest BCUT2D eigenvalue weighted by atomic mass is 9.73. The zero-order valence-electron chi connectivity index (χ0n) is 12.4. The lowest BCUT2D eigenvalue weighted by Gasteiger charge is -2.32. The number of hydrogen-bond donors (Lipinski definition) is 0. The van der Waals surface area contributed by atoms with Crippen LogP contribution in [-0.2, 0) is 0 Å². The predicted octanol–water partition coefficient (Wildman–Crippen LogP) is 4.76. The Labute approximate surface area is 122 Å². The molecule has 102 valence electrons. The number of fused-ring (bicyclic) bond motifs is 1. The van der Waals surface area contributed by atoms with Gasteiger partial charge < -0.3 is 0 Å². The van der Waals surface area contributed by atoms with Crippen LogP contribution in [0.15, 0.2) is 12.2 Å². The molecule has 1 heteroatoms. The van der Waals surface area contributed by atoms with E-state index in [1.807, 2.05) is 0 Å². The van der Waals surface area contributed by atoms with Gasteiger partial charge in [0.05, 0.1) is 0 Å². The minimum atomic E-state index is 0.926. The Kier molecular flexibility index (Phi) is 6.33. The molecule has 0 amide bonds. The van der Waals surface area contributed by atoms with Crippen molar-refractivity contribution in [3.63, 3.8) is 0 Å². The quantitative estimate of drug-likeness (QED) is 0.352. The van der Waals surface area contributed by atoms with E-state index in [-0.39, 0.29) is 0 Å². The maximum absolute atomic E-state index is 4.27. The maximum Gasteiger partial charge on any atom is 0.211 e. The Morgan fingerprint density at radius 3 is 2.61 bits per heavy atom. The summed E-state index contributed by atoms with van der Waals surface area (Å²) in [7, 11) is 0. The molecule has 2 rings (SSSR count). The largest absolute Gasteiger partial charge is 0.211 e. The summed E-state index contributed by atoms with van der Waals surface area (Å²) in [5.74, 6) is 3.02. The summed E-state index contributed by atoms with van der Waals surface area (Å²) in [5, 5.41) is 1.51. The molecule has 2 fully saturated rings. The van der Waals surface area contributed by atoms with Crippen molar-refractivity contribution < 1.29 is 0 Å². The highest BCUT2D eigenvalue weighted by Gasteiger charge is 2.35. The van der Waals surface area contributed by atoms with Gasteiger partial charge in [0.2, 0.25) is 16.3 Å². The van der Waals surface area contributed by atoms with E-state index < -0.39 is 0 Å². The molecule has 0 heterocycles. The molecule has 0 aliphatic heterocycles. The Morgan fingerprint density at radius 1 is 1.00 bits per heavy atom. The van der Waals surface area contributed by atoms with Gasteiger partial charge in [-0.2, -0.15) is 0 Å². The summed E-state index contributed by atoms with van der Waals surface area (Å²) in [5.41, 5.74) is 1.58. The van der Waals surface area contributed by atoms with Crippen LogP contribution in [0.5, 0.6) is 0 Å². The van der Waals surface area contributed by atoms with Gasteiger partial charge in [-0.25, -0.2) is 0 Å². The highest BCUT2D eigenvalue weighted by atomic mass is 27.0. The standard InChI is InChI=1S/C17H29.Al.2H/c1-3-4-5-6-7-8-15-10-12-17-14(2)9-11-16(17)13-15;;;/h15-17H,1-13H2;;;. The van der Waals surface area contributed by atoms with Crippen LogP contribution >= 0.6 is 0 Å². The van der Waals surface area contributed by atoms with E-state index in [1.54, 1.807) is 5.57 Å². The molecule has 0 N–H and O–H groups in total. The topological polar surface area (TPSA) is 0 Å². The van der Waals surface area contributed by atoms with Crippen molar-refractivity contribution in [2.45, 2.75) is 75.9 Å². The Hall–Kier alpha value is 0.272. The molecule has 0 spiro atoms. The third-order valence-electron chi connectivity index (χ3n) is 5.42. The van der Waals surface area contributed by atoms with Crippen LogP contribution in [-0.4, -0.2) is 16.3 Å². The second kappa shape index (κ2) is 7.76. The number of unbranched alkanes of at least 4 members (excludes halogenated alkanes) is 4. The number of allylic oxidation sites excluding steroid dienone is 1. The normalized spacial score (nSPS) is 31.6. The molecule has 0 bridgehead atoms. The van der Waals surface area contributed by atoms with E-state index >= 15 is 0 Å². The van der Waals surface area contributed by atoms with E-state index in [1.165, 1.54) is 92.2 Å². The van der Waals surface area contributed by atoms with Crippen LogP contribution in [0.25, 0.3) is 0 Å². The molecule has 0 radical (unpaired) electrons. The number of rotatable bonds is 7. The first-order valence-electron chi connectivity index (χ1n) is 8.49. The van der Waals surface area contributed by atoms with Crippen LogP contribution in [0.1, 0.15) is 70.6 Å². The molecule has 3 unspecified atom stereocenters. The summed E-state index contributed by atoms with van der Waals surface area (Å²) in [4.78, 5) is 0. The minimum Gasteiger partial charge on any atom is -0.101 e. The van der Waals surface area contributed by atoms with Gasteiger partial charge in [0, 0.05) is 0 Å². The fourth-order valence-corrected chi connectivity index (χ4v) is 4.75. The molecule has 3 atom stereocenters. The van der Waals surface area contributed by atoms with Crippen LogP contribution in [0.4, 0.5) is 0 Å². The monoisotopic (exact) mass is 262 g/mol. The van der Waals surface area contributed by atoms with Crippen LogP contribution in [0.3, 0.4) is 0 Å². The molecule has 18 heavy (non-hydrogen) atoms. The van der Waals surface area contributed by atoms with Gasteiger partial charge in [-0.05, 0) is 49.9 Å². The smallest absolute Gasteiger partial charge is 0.101 e. The van der Waals surface area contributed by atoms with Crippen LogP contribution < -0.4 is 0 Å². The zero-order chi connectivity index (χ0) is 12.8. The van der Waals surface area contributed by atoms with Gasteiger partial charge >= 0.3 is 0 Å². The summed E-state index contributed by atoms with van der Waals surface area (Å²) < 4.78 is 0. The van der Waals surface area contributed by atoms with Crippen LogP contribution in [0.2, 0.25) is 5.28 Å². The molecule has 2 saturated carbocycles. The first-order valence-corrected chi connectivity index (χ1v) is 9.90. The highest BCUT2D eigenvalue weighted by Crippen LogP contribution is 2.47. The molecule has 0 aromatic carbocycles. The summed E-state index contributed by atoms with van der Waals surface area (Å²) in [6.07, 6.45) is 16.3. The lowest BCUT2D eigenvalue weighted by Crippen LogP contribution is -2.21. The fraction of sp³-hybridized carbons (Fsp3) is 0.882. The van der Waals surface area contributed by atoms with E-state index in [0.29, 0.717) is 0 Å². The number of hydrogen-bond acceptors (Lipinski definition) is 0. The van der Waals surface area contributed by atoms with Gasteiger partial charge in [0.15, 0.2) is 0 Å². The zero-order valence-corrected chi connectivity index (χ0v) is 14.4. The molecular weight excluding hydrogens is 231 g/mol. The van der Waals surface area contributed by atoms with Crippen molar-refractivity contribution in [3.05, 3.63) is 12.2 Å². The summed E-state index contributed by atoms with van der Waals surface area (Å²) in [6, 6.07) is 0. The molecule has 0 aromatic rings. The third-order valence-corrected chi connectivity index (χ3v) is 6.12. The van der Waals surface area contributed by atoms with E-state index in [2.05, 4.69) is 6.58 Å². The van der Waals surface area contributed by atoms with Crippen molar-refractivity contribution in [3.8, 4) is 0 Å². The van der Waals surface area contributed by atoms with E-state index in [0.717, 1.165) is 17.8 Å². The minimum absolute atomic E-state index is 0.926. The highest BCUT2D eigenvalue weighted by molar-refractivity contribution is 6.08. The Balaban J connectivity index is 1.57. The van der Waals surface area contributed by atoms with Gasteiger partial charge in [-0.1, -0.05) is 50.7 Å². The predicted molar refractivity (Wildman–Crippen MR) is 83.7 cm³/mol. The van der Waals surface area contributed by atoms with Crippen molar-refractivity contribution >= 4 is 16.3 Å². The Morgan fingerprint density at radius 2 is 1.78 bits per heavy atom. The lowest BCUT2D eigenvalue weighted by molar-refractivity contribution is 0.213. The Bertz CT molecular complexity index is 258. The first-order chi connectivity index (χ1) is 8.81. The second-order valence-electron chi connectivity index (χ2n) is 6.80. The van der Waals surface area contributed by atoms with Gasteiger partial charge in [-0.15, -0.1) is 5.28 Å². The van der Waals surface area contributed by atoms with Crippen LogP contribution in [0, 0.1) is 17.8 Å². The second-order valence-corrected chi connectivity index (χ2v) is 7.80. The average Bonchev–Trinajstić information content (AvgIpc) is 2.75. The maximum atomic E-state index is 4.27. The molecule has 2 aliphatic rings. The van der Waals surface area contributed by atoms with Gasteiger partial charge in [-0.3, -0.25) is 0 Å². The van der Waals surface area contributed by atoms with Crippen molar-refractivity contribution in [2.75, 3.05) is 0 Å². The van der Waals surface area contributed by atoms with Crippen molar-refractivity contribution in [1.29, 1.82) is 0 Å². The van der Waals surface area contributed by atoms with Crippen molar-refractivity contribution in [2.24, 2.45) is 17.8 Å². The van der Waals surface area contributed by atoms with E-state index in [9.17, 15) is 0 Å². The SMILES string of the molecule is C=C1CCC2CC(CCCCCC[CH2][AlH2])CCC12. The average molecular weight is 262 g/mol. The summed E-state index contributed by atoms with van der Waals surface area (Å²) in [6.45, 7) is 4.27. The van der Waals surface area contributed by atoms with Crippen molar-refractivity contribution in [1.82, 2.24) is 0 Å². The first kappa shape index (κ1) is 14.7. The third kappa shape index (κ3) is 4.14. The van der Waals surface area contributed by atoms with Gasteiger partial charge in [0.1, 0.15) is 0 Å². The fourth-order valence-electron chi connectivity index (χ4n) is 4.25. The molecule has 0 saturated heterocycles. The molecular formula is C17H31Al. The summed E-state index contributed by atoms with van der Waals surface area (Å²) >= 11 is 1.41. The molecule has 2 aliphatic carbocycles. The van der Waals surface area contributed by atoms with E-state index in [4.69, 9.17) is 0 Å².